The predicted molar refractivity (Wildman–Crippen MR) is 89.1 cm³/mol. The minimum atomic E-state index is -1.42. The number of carboxylic acids is 1. The molecule has 0 saturated carbocycles. The van der Waals surface area contributed by atoms with E-state index in [0.29, 0.717) is 17.7 Å². The first-order chi connectivity index (χ1) is 11.4. The number of rotatable bonds is 5. The lowest BCUT2D eigenvalue weighted by atomic mass is 10.1. The van der Waals surface area contributed by atoms with Crippen LogP contribution >= 0.6 is 11.6 Å². The zero-order chi connectivity index (χ0) is 17.7. The summed E-state index contributed by atoms with van der Waals surface area (Å²) in [6.07, 6.45) is 0.350. The summed E-state index contributed by atoms with van der Waals surface area (Å²) < 4.78 is 0. The molecule has 0 aliphatic heterocycles. The molecular formula is C17H14ClN2O4-. The summed E-state index contributed by atoms with van der Waals surface area (Å²) in [4.78, 5) is 34.6. The van der Waals surface area contributed by atoms with E-state index in [1.165, 1.54) is 30.3 Å². The summed E-state index contributed by atoms with van der Waals surface area (Å²) in [5.74, 6) is -2.06. The van der Waals surface area contributed by atoms with Gasteiger partial charge in [-0.3, -0.25) is 9.59 Å². The summed E-state index contributed by atoms with van der Waals surface area (Å²) in [6.45, 7) is 1.73. The second kappa shape index (κ2) is 7.61. The third kappa shape index (κ3) is 4.33. The van der Waals surface area contributed by atoms with Crippen LogP contribution in [0.4, 0.5) is 11.4 Å². The maximum absolute atomic E-state index is 12.2. The van der Waals surface area contributed by atoms with E-state index in [9.17, 15) is 19.5 Å². The van der Waals surface area contributed by atoms with Crippen LogP contribution in [0.15, 0.2) is 42.5 Å². The Morgan fingerprint density at radius 1 is 1.04 bits per heavy atom. The number of carbonyl (C=O) groups excluding carboxylic acids is 3. The van der Waals surface area contributed by atoms with Gasteiger partial charge >= 0.3 is 0 Å². The van der Waals surface area contributed by atoms with Crippen LogP contribution in [0, 0.1) is 0 Å². The molecule has 2 aromatic rings. The van der Waals surface area contributed by atoms with Gasteiger partial charge in [-0.05, 0) is 42.5 Å². The van der Waals surface area contributed by atoms with Crippen molar-refractivity contribution in [2.75, 3.05) is 10.6 Å². The van der Waals surface area contributed by atoms with Crippen LogP contribution in [0.2, 0.25) is 5.02 Å². The molecule has 124 valence electrons. The molecule has 0 fully saturated rings. The molecule has 0 aromatic heterocycles. The fourth-order valence-electron chi connectivity index (χ4n) is 1.95. The van der Waals surface area contributed by atoms with Crippen molar-refractivity contribution in [1.29, 1.82) is 0 Å². The van der Waals surface area contributed by atoms with E-state index in [1.54, 1.807) is 19.1 Å². The van der Waals surface area contributed by atoms with Crippen molar-refractivity contribution in [1.82, 2.24) is 0 Å². The maximum atomic E-state index is 12.2. The fraction of sp³-hybridized carbons (Fsp3) is 0.118. The summed E-state index contributed by atoms with van der Waals surface area (Å²) in [5.41, 5.74) is 0.751. The molecule has 2 aromatic carbocycles. The topological polar surface area (TPSA) is 98.3 Å². The molecule has 6 nitrogen and oxygen atoms in total. The Morgan fingerprint density at radius 2 is 1.71 bits per heavy atom. The van der Waals surface area contributed by atoms with E-state index >= 15 is 0 Å². The average molecular weight is 346 g/mol. The summed E-state index contributed by atoms with van der Waals surface area (Å²) >= 11 is 5.83. The number of carbonyl (C=O) groups is 3. The average Bonchev–Trinajstić information content (AvgIpc) is 2.55. The largest absolute Gasteiger partial charge is 0.545 e. The Bertz CT molecular complexity index is 788. The molecule has 7 heteroatoms. The van der Waals surface area contributed by atoms with Crippen molar-refractivity contribution in [2.24, 2.45) is 0 Å². The molecule has 0 heterocycles. The number of amides is 2. The van der Waals surface area contributed by atoms with Gasteiger partial charge in [0.25, 0.3) is 5.91 Å². The lowest BCUT2D eigenvalue weighted by Crippen LogP contribution is -2.24. The molecule has 2 N–H and O–H groups in total. The summed E-state index contributed by atoms with van der Waals surface area (Å²) in [6, 6.07) is 10.2. The first kappa shape index (κ1) is 17.5. The zero-order valence-electron chi connectivity index (χ0n) is 12.8. The Morgan fingerprint density at radius 3 is 2.29 bits per heavy atom. The molecule has 2 amide bonds. The van der Waals surface area contributed by atoms with E-state index in [2.05, 4.69) is 10.6 Å². The quantitative estimate of drug-likeness (QED) is 0.868. The molecule has 0 aliphatic rings. The highest BCUT2D eigenvalue weighted by molar-refractivity contribution is 6.31. The van der Waals surface area contributed by atoms with Crippen LogP contribution in [-0.2, 0) is 4.79 Å². The highest BCUT2D eigenvalue weighted by atomic mass is 35.5. The van der Waals surface area contributed by atoms with Crippen LogP contribution < -0.4 is 15.7 Å². The van der Waals surface area contributed by atoms with Crippen LogP contribution in [0.25, 0.3) is 0 Å². The van der Waals surface area contributed by atoms with Crippen LogP contribution in [0.1, 0.15) is 34.1 Å². The number of aromatic carboxylic acids is 1. The number of carboxylic acid groups (broad SMARTS) is 1. The van der Waals surface area contributed by atoms with Gasteiger partial charge in [0.1, 0.15) is 0 Å². The standard InChI is InChI=1S/C17H15ClN2O4/c1-2-15(21)19-12-6-3-10(4-7-12)16(22)20-14-9-11(18)5-8-13(14)17(23)24/h3-9H,2H2,1H3,(H,19,21)(H,20,22)(H,23,24)/p-1. The predicted octanol–water partition coefficient (Wildman–Crippen LogP) is 2.30. The van der Waals surface area contributed by atoms with E-state index in [0.717, 1.165) is 0 Å². The van der Waals surface area contributed by atoms with Gasteiger partial charge in [0.2, 0.25) is 5.91 Å². The minimum Gasteiger partial charge on any atom is -0.545 e. The van der Waals surface area contributed by atoms with Gasteiger partial charge in [0.15, 0.2) is 0 Å². The maximum Gasteiger partial charge on any atom is 0.255 e. The zero-order valence-corrected chi connectivity index (χ0v) is 13.5. The van der Waals surface area contributed by atoms with Crippen molar-refractivity contribution < 1.29 is 19.5 Å². The van der Waals surface area contributed by atoms with E-state index in [4.69, 9.17) is 11.6 Å². The summed E-state index contributed by atoms with van der Waals surface area (Å²) in [7, 11) is 0. The van der Waals surface area contributed by atoms with Crippen LogP contribution in [0.3, 0.4) is 0 Å². The first-order valence-electron chi connectivity index (χ1n) is 7.13. The molecule has 24 heavy (non-hydrogen) atoms. The number of halogens is 1. The molecule has 0 spiro atoms. The normalized spacial score (nSPS) is 10.1. The van der Waals surface area contributed by atoms with Gasteiger partial charge in [-0.2, -0.15) is 0 Å². The third-order valence-electron chi connectivity index (χ3n) is 3.20. The molecule has 0 saturated heterocycles. The van der Waals surface area contributed by atoms with Crippen molar-refractivity contribution >= 4 is 40.8 Å². The third-order valence-corrected chi connectivity index (χ3v) is 3.44. The van der Waals surface area contributed by atoms with E-state index in [1.807, 2.05) is 0 Å². The van der Waals surface area contributed by atoms with Gasteiger partial charge < -0.3 is 20.5 Å². The molecule has 0 aliphatic carbocycles. The first-order valence-corrected chi connectivity index (χ1v) is 7.50. The second-order valence-corrected chi connectivity index (χ2v) is 5.35. The molecular weight excluding hydrogens is 332 g/mol. The van der Waals surface area contributed by atoms with Gasteiger partial charge in [-0.15, -0.1) is 0 Å². The smallest absolute Gasteiger partial charge is 0.255 e. The van der Waals surface area contributed by atoms with Crippen molar-refractivity contribution in [2.45, 2.75) is 13.3 Å². The molecule has 0 bridgehead atoms. The SMILES string of the molecule is CCC(=O)Nc1ccc(C(=O)Nc2cc(Cl)ccc2C(=O)[O-])cc1. The van der Waals surface area contributed by atoms with Crippen molar-refractivity contribution in [3.63, 3.8) is 0 Å². The van der Waals surface area contributed by atoms with Crippen molar-refractivity contribution in [3.8, 4) is 0 Å². The van der Waals surface area contributed by atoms with Gasteiger partial charge in [0.05, 0.1) is 11.7 Å². The highest BCUT2D eigenvalue weighted by Crippen LogP contribution is 2.21. The Hall–Kier alpha value is -2.86. The highest BCUT2D eigenvalue weighted by Gasteiger charge is 2.11. The Labute approximate surface area is 143 Å². The number of anilines is 2. The van der Waals surface area contributed by atoms with Crippen LogP contribution in [0.5, 0.6) is 0 Å². The Kier molecular flexibility index (Phi) is 5.55. The minimum absolute atomic E-state index is 0.0517. The van der Waals surface area contributed by atoms with E-state index in [-0.39, 0.29) is 22.2 Å². The van der Waals surface area contributed by atoms with Crippen molar-refractivity contribution in [3.05, 3.63) is 58.6 Å². The summed E-state index contributed by atoms with van der Waals surface area (Å²) in [5, 5.41) is 16.5. The number of hydrogen-bond acceptors (Lipinski definition) is 4. The number of benzene rings is 2. The van der Waals surface area contributed by atoms with E-state index < -0.39 is 11.9 Å². The molecule has 0 atom stereocenters. The molecule has 0 radical (unpaired) electrons. The van der Waals surface area contributed by atoms with Crippen LogP contribution in [-0.4, -0.2) is 17.8 Å². The monoisotopic (exact) mass is 345 g/mol. The molecule has 0 unspecified atom stereocenters. The molecule has 2 rings (SSSR count). The lowest BCUT2D eigenvalue weighted by Gasteiger charge is -2.12. The van der Waals surface area contributed by atoms with Gasteiger partial charge in [-0.1, -0.05) is 18.5 Å². The number of nitrogens with one attached hydrogen (secondary N) is 2. The Balaban J connectivity index is 2.17. The lowest BCUT2D eigenvalue weighted by molar-refractivity contribution is -0.254. The second-order valence-electron chi connectivity index (χ2n) is 4.91. The van der Waals surface area contributed by atoms with Gasteiger partial charge in [-0.25, -0.2) is 0 Å². The number of hydrogen-bond donors (Lipinski definition) is 2. The van der Waals surface area contributed by atoms with Gasteiger partial charge in [0, 0.05) is 28.3 Å². The fourth-order valence-corrected chi connectivity index (χ4v) is 2.12.